The van der Waals surface area contributed by atoms with E-state index < -0.39 is 16.8 Å². The summed E-state index contributed by atoms with van der Waals surface area (Å²) >= 11 is 16.4. The normalized spacial score (nSPS) is 11.7. The maximum atomic E-state index is 12.7. The maximum Gasteiger partial charge on any atom is 0.416 e. The molecular weight excluding hydrogens is 362 g/mol. The largest absolute Gasteiger partial charge is 0.498 e. The second kappa shape index (κ2) is 5.60. The van der Waals surface area contributed by atoms with Gasteiger partial charge in [0, 0.05) is 0 Å². The van der Waals surface area contributed by atoms with Crippen molar-refractivity contribution >= 4 is 46.3 Å². The number of nitrogens with zero attached hydrogens (tertiary/aromatic N) is 2. The molecule has 0 saturated heterocycles. The molecule has 10 heteroatoms. The van der Waals surface area contributed by atoms with E-state index in [2.05, 4.69) is 17.3 Å². The summed E-state index contributed by atoms with van der Waals surface area (Å²) in [5.74, 6) is -0.0754. The van der Waals surface area contributed by atoms with E-state index in [4.69, 9.17) is 28.9 Å². The smallest absolute Gasteiger partial charge is 0.416 e. The zero-order valence-corrected chi connectivity index (χ0v) is 13.2. The number of hydrogen-bond donors (Lipinski definition) is 2. The van der Waals surface area contributed by atoms with Crippen LogP contribution in [-0.2, 0) is 6.18 Å². The molecule has 2 rings (SSSR count). The number of aromatic nitrogens is 2. The van der Waals surface area contributed by atoms with Gasteiger partial charge in [-0.3, -0.25) is 0 Å². The van der Waals surface area contributed by atoms with Crippen LogP contribution in [0.25, 0.3) is 5.69 Å². The minimum Gasteiger partial charge on any atom is -0.498 e. The zero-order chi connectivity index (χ0) is 16.8. The summed E-state index contributed by atoms with van der Waals surface area (Å²) in [6, 6.07) is 1.44. The van der Waals surface area contributed by atoms with Crippen LogP contribution in [0.2, 0.25) is 10.0 Å². The summed E-state index contributed by atoms with van der Waals surface area (Å²) in [5, 5.41) is 12.4. The van der Waals surface area contributed by atoms with Gasteiger partial charge in [0.15, 0.2) is 5.05 Å². The molecule has 118 valence electrons. The van der Waals surface area contributed by atoms with Crippen LogP contribution in [0.15, 0.2) is 12.1 Å². The number of nitrogens with two attached hydrogens (primary N) is 1. The second-order valence-electron chi connectivity index (χ2n) is 4.35. The summed E-state index contributed by atoms with van der Waals surface area (Å²) in [6.07, 6.45) is -4.59. The summed E-state index contributed by atoms with van der Waals surface area (Å²) in [7, 11) is 0. The fourth-order valence-electron chi connectivity index (χ4n) is 1.91. The molecule has 3 N–H and O–H groups in total. The Morgan fingerprint density at radius 2 is 1.82 bits per heavy atom. The second-order valence-corrected chi connectivity index (χ2v) is 5.55. The van der Waals surface area contributed by atoms with E-state index in [-0.39, 0.29) is 32.8 Å². The van der Waals surface area contributed by atoms with Crippen molar-refractivity contribution in [3.8, 4) is 5.69 Å². The first kappa shape index (κ1) is 16.9. The van der Waals surface area contributed by atoms with Crippen molar-refractivity contribution in [3.05, 3.63) is 39.0 Å². The van der Waals surface area contributed by atoms with Crippen molar-refractivity contribution in [2.45, 2.75) is 13.1 Å². The van der Waals surface area contributed by atoms with E-state index in [1.165, 1.54) is 6.92 Å². The molecular formula is C12H8Cl2F3N3OS. The lowest BCUT2D eigenvalue weighted by molar-refractivity contribution is -0.137. The Bertz CT molecular complexity index is 751. The molecule has 2 aromatic rings. The number of alkyl halides is 3. The monoisotopic (exact) mass is 369 g/mol. The molecule has 0 radical (unpaired) electrons. The number of benzene rings is 1. The van der Waals surface area contributed by atoms with Crippen molar-refractivity contribution in [1.29, 1.82) is 0 Å². The van der Waals surface area contributed by atoms with Crippen molar-refractivity contribution in [3.63, 3.8) is 0 Å². The van der Waals surface area contributed by atoms with Gasteiger partial charge in [-0.15, -0.1) is 0 Å². The Morgan fingerprint density at radius 3 is 2.18 bits per heavy atom. The van der Waals surface area contributed by atoms with Crippen molar-refractivity contribution < 1.29 is 18.3 Å². The van der Waals surface area contributed by atoms with Gasteiger partial charge in [0.05, 0.1) is 26.9 Å². The molecule has 0 unspecified atom stereocenters. The lowest BCUT2D eigenvalue weighted by Crippen LogP contribution is -2.09. The van der Waals surface area contributed by atoms with Crippen LogP contribution < -0.4 is 5.73 Å². The Labute approximate surface area is 138 Å². The summed E-state index contributed by atoms with van der Waals surface area (Å²) in [5.41, 5.74) is 5.18. The average molecular weight is 370 g/mol. The van der Waals surface area contributed by atoms with Crippen LogP contribution in [0.4, 0.5) is 19.0 Å². The summed E-state index contributed by atoms with van der Waals surface area (Å²) in [6.45, 7) is 1.52. The number of rotatable bonds is 2. The average Bonchev–Trinajstić information content (AvgIpc) is 2.62. The third-order valence-electron chi connectivity index (χ3n) is 2.87. The predicted octanol–water partition coefficient (Wildman–Crippen LogP) is 4.32. The van der Waals surface area contributed by atoms with E-state index in [0.29, 0.717) is 0 Å². The van der Waals surface area contributed by atoms with Crippen molar-refractivity contribution in [2.75, 3.05) is 5.73 Å². The molecule has 0 saturated carbocycles. The minimum absolute atomic E-state index is 0.0283. The number of aliphatic hydroxyl groups excluding tert-OH is 1. The van der Waals surface area contributed by atoms with Crippen LogP contribution in [-0.4, -0.2) is 19.9 Å². The highest BCUT2D eigenvalue weighted by Crippen LogP contribution is 2.38. The van der Waals surface area contributed by atoms with Crippen molar-refractivity contribution in [1.82, 2.24) is 9.78 Å². The van der Waals surface area contributed by atoms with Crippen LogP contribution in [0, 0.1) is 6.92 Å². The van der Waals surface area contributed by atoms with Gasteiger partial charge in [0.2, 0.25) is 0 Å². The van der Waals surface area contributed by atoms with Crippen LogP contribution in [0.1, 0.15) is 16.8 Å². The number of aliphatic hydroxyl groups is 1. The van der Waals surface area contributed by atoms with E-state index >= 15 is 0 Å². The van der Waals surface area contributed by atoms with Gasteiger partial charge >= 0.3 is 6.18 Å². The zero-order valence-electron chi connectivity index (χ0n) is 10.9. The van der Waals surface area contributed by atoms with Gasteiger partial charge in [-0.05, 0) is 31.3 Å². The molecule has 0 aliphatic rings. The predicted molar refractivity (Wildman–Crippen MR) is 82.1 cm³/mol. The quantitative estimate of drug-likeness (QED) is 0.773. The first-order chi connectivity index (χ1) is 10.0. The van der Waals surface area contributed by atoms with Crippen molar-refractivity contribution in [2.24, 2.45) is 0 Å². The van der Waals surface area contributed by atoms with E-state index in [1.807, 2.05) is 0 Å². The molecule has 0 amide bonds. The topological polar surface area (TPSA) is 64.1 Å². The van der Waals surface area contributed by atoms with Gasteiger partial charge in [-0.1, -0.05) is 23.2 Å². The highest BCUT2D eigenvalue weighted by Gasteiger charge is 2.32. The lowest BCUT2D eigenvalue weighted by Gasteiger charge is -2.13. The Kier molecular flexibility index (Phi) is 4.29. The van der Waals surface area contributed by atoms with E-state index in [1.54, 1.807) is 0 Å². The first-order valence-corrected chi connectivity index (χ1v) is 6.85. The molecule has 1 heterocycles. The number of aryl methyl sites for hydroxylation is 1. The molecule has 1 aromatic heterocycles. The molecule has 0 atom stereocenters. The molecule has 4 nitrogen and oxygen atoms in total. The van der Waals surface area contributed by atoms with Gasteiger partial charge in [-0.2, -0.15) is 18.3 Å². The molecule has 0 spiro atoms. The number of halogens is 5. The minimum atomic E-state index is -4.59. The van der Waals surface area contributed by atoms with Gasteiger partial charge in [0.25, 0.3) is 0 Å². The molecule has 0 bridgehead atoms. The molecule has 0 aliphatic carbocycles. The fraction of sp³-hybridized carbons (Fsp3) is 0.167. The number of thiocarbonyl (C=S) groups is 1. The SMILES string of the molecule is Cc1nn(-c2c(Cl)cc(C(F)(F)F)cc2Cl)c(N)c1C(O)=S. The molecule has 1 aromatic carbocycles. The van der Waals surface area contributed by atoms with Gasteiger partial charge in [0.1, 0.15) is 11.5 Å². The number of anilines is 1. The van der Waals surface area contributed by atoms with E-state index in [9.17, 15) is 18.3 Å². The summed E-state index contributed by atoms with van der Waals surface area (Å²) in [4.78, 5) is 0. The third-order valence-corrected chi connectivity index (χ3v) is 3.65. The lowest BCUT2D eigenvalue weighted by atomic mass is 10.2. The Hall–Kier alpha value is -1.51. The van der Waals surface area contributed by atoms with E-state index in [0.717, 1.165) is 16.8 Å². The molecule has 0 aliphatic heterocycles. The first-order valence-electron chi connectivity index (χ1n) is 5.69. The fourth-order valence-corrected chi connectivity index (χ4v) is 2.81. The number of nitrogen functional groups attached to an aromatic ring is 1. The van der Waals surface area contributed by atoms with Gasteiger partial charge < -0.3 is 10.8 Å². The number of hydrogen-bond acceptors (Lipinski definition) is 3. The molecule has 22 heavy (non-hydrogen) atoms. The summed E-state index contributed by atoms with van der Waals surface area (Å²) < 4.78 is 39.2. The van der Waals surface area contributed by atoms with Crippen LogP contribution in [0.5, 0.6) is 0 Å². The Morgan fingerprint density at radius 1 is 1.32 bits per heavy atom. The molecule has 0 fully saturated rings. The highest BCUT2D eigenvalue weighted by atomic mass is 35.5. The third kappa shape index (κ3) is 2.86. The van der Waals surface area contributed by atoms with Gasteiger partial charge in [-0.25, -0.2) is 4.68 Å². The highest BCUT2D eigenvalue weighted by molar-refractivity contribution is 7.80. The van der Waals surface area contributed by atoms with Crippen LogP contribution in [0.3, 0.4) is 0 Å². The Balaban J connectivity index is 2.70. The standard InChI is InChI=1S/C12H8Cl2F3N3OS/c1-4-8(11(21)22)10(18)20(19-4)9-6(13)2-5(3-7(9)14)12(15,16)17/h2-3H,18H2,1H3,(H,21,22). The maximum absolute atomic E-state index is 12.7. The van der Waals surface area contributed by atoms with Crippen LogP contribution >= 0.6 is 35.4 Å².